The van der Waals surface area contributed by atoms with Gasteiger partial charge < -0.3 is 5.32 Å². The lowest BCUT2D eigenvalue weighted by atomic mass is 10.0. The normalized spacial score (nSPS) is 19.8. The molecular formula is C14H18FN. The number of aryl methyl sites for hydroxylation is 1. The molecule has 1 heterocycles. The molecule has 1 N–H and O–H groups in total. The second kappa shape index (κ2) is 5.26. The number of halogens is 1. The lowest BCUT2D eigenvalue weighted by Crippen LogP contribution is -2.13. The molecule has 0 amide bonds. The van der Waals surface area contributed by atoms with Crippen molar-refractivity contribution in [1.29, 1.82) is 0 Å². The molecule has 0 saturated carbocycles. The van der Waals surface area contributed by atoms with Gasteiger partial charge in [0.15, 0.2) is 0 Å². The summed E-state index contributed by atoms with van der Waals surface area (Å²) in [5.41, 5.74) is 3.64. The van der Waals surface area contributed by atoms with Crippen LogP contribution in [0.2, 0.25) is 0 Å². The van der Waals surface area contributed by atoms with E-state index >= 15 is 0 Å². The predicted octanol–water partition coefficient (Wildman–Crippen LogP) is 3.29. The Balaban J connectivity index is 2.20. The summed E-state index contributed by atoms with van der Waals surface area (Å²) in [6.45, 7) is 4.14. The van der Waals surface area contributed by atoms with Crippen LogP contribution in [0.25, 0.3) is 6.08 Å². The van der Waals surface area contributed by atoms with Gasteiger partial charge in [0, 0.05) is 0 Å². The zero-order valence-electron chi connectivity index (χ0n) is 9.72. The molecule has 16 heavy (non-hydrogen) atoms. The van der Waals surface area contributed by atoms with Gasteiger partial charge >= 0.3 is 0 Å². The van der Waals surface area contributed by atoms with E-state index in [1.54, 1.807) is 6.07 Å². The third-order valence-corrected chi connectivity index (χ3v) is 3.07. The highest BCUT2D eigenvalue weighted by Gasteiger charge is 2.04. The van der Waals surface area contributed by atoms with Gasteiger partial charge in [0.05, 0.1) is 0 Å². The molecule has 86 valence electrons. The minimum atomic E-state index is -0.151. The number of hydrogen-bond acceptors (Lipinski definition) is 1. The molecule has 1 aliphatic rings. The maximum Gasteiger partial charge on any atom is 0.123 e. The van der Waals surface area contributed by atoms with Gasteiger partial charge in [-0.2, -0.15) is 0 Å². The van der Waals surface area contributed by atoms with Gasteiger partial charge in [0.1, 0.15) is 5.82 Å². The van der Waals surface area contributed by atoms with E-state index in [4.69, 9.17) is 0 Å². The van der Waals surface area contributed by atoms with Gasteiger partial charge in [-0.1, -0.05) is 17.7 Å². The fourth-order valence-electron chi connectivity index (χ4n) is 2.10. The molecule has 0 aromatic heterocycles. The number of benzene rings is 1. The van der Waals surface area contributed by atoms with Crippen molar-refractivity contribution in [3.63, 3.8) is 0 Å². The molecule has 0 unspecified atom stereocenters. The van der Waals surface area contributed by atoms with Gasteiger partial charge in [-0.15, -0.1) is 0 Å². The highest BCUT2D eigenvalue weighted by molar-refractivity contribution is 5.56. The summed E-state index contributed by atoms with van der Waals surface area (Å²) in [5.74, 6) is -0.151. The van der Waals surface area contributed by atoms with E-state index in [1.807, 2.05) is 13.0 Å². The van der Waals surface area contributed by atoms with Gasteiger partial charge in [0.2, 0.25) is 0 Å². The maximum absolute atomic E-state index is 13.0. The first kappa shape index (κ1) is 11.3. The average molecular weight is 219 g/mol. The van der Waals surface area contributed by atoms with E-state index in [9.17, 15) is 4.39 Å². The Labute approximate surface area is 96.4 Å². The molecule has 2 heteroatoms. The molecule has 1 aliphatic heterocycles. The van der Waals surface area contributed by atoms with Crippen molar-refractivity contribution >= 4 is 6.08 Å². The quantitative estimate of drug-likeness (QED) is 0.764. The minimum absolute atomic E-state index is 0.151. The third kappa shape index (κ3) is 2.92. The summed E-state index contributed by atoms with van der Waals surface area (Å²) < 4.78 is 13.0. The minimum Gasteiger partial charge on any atom is -0.316 e. The molecule has 0 atom stereocenters. The molecular weight excluding hydrogens is 201 g/mol. The molecule has 1 aromatic rings. The topological polar surface area (TPSA) is 12.0 Å². The van der Waals surface area contributed by atoms with Gasteiger partial charge in [0.25, 0.3) is 0 Å². The monoisotopic (exact) mass is 219 g/mol. The van der Waals surface area contributed by atoms with Crippen molar-refractivity contribution in [3.05, 3.63) is 40.7 Å². The Morgan fingerprint density at radius 2 is 2.12 bits per heavy atom. The molecule has 1 saturated heterocycles. The standard InChI is InChI=1S/C14H18FN/c1-11-9-14(15)5-4-13(11)10-12-3-2-7-16-8-6-12/h4-5,9-10,16H,2-3,6-8H2,1H3/b12-10-. The molecule has 0 aliphatic carbocycles. The van der Waals surface area contributed by atoms with Crippen molar-refractivity contribution in [2.24, 2.45) is 0 Å². The van der Waals surface area contributed by atoms with Crippen LogP contribution in [0, 0.1) is 12.7 Å². The average Bonchev–Trinajstić information content (AvgIpc) is 2.51. The summed E-state index contributed by atoms with van der Waals surface area (Å²) in [6, 6.07) is 5.01. The molecule has 0 spiro atoms. The van der Waals surface area contributed by atoms with Crippen LogP contribution in [-0.4, -0.2) is 13.1 Å². The van der Waals surface area contributed by atoms with E-state index in [0.717, 1.165) is 37.1 Å². The molecule has 1 nitrogen and oxygen atoms in total. The zero-order valence-corrected chi connectivity index (χ0v) is 9.72. The second-order valence-electron chi connectivity index (χ2n) is 4.41. The largest absolute Gasteiger partial charge is 0.316 e. The van der Waals surface area contributed by atoms with Gasteiger partial charge in [-0.25, -0.2) is 4.39 Å². The Bertz CT molecular complexity index is 386. The first-order valence-electron chi connectivity index (χ1n) is 5.92. The molecule has 0 radical (unpaired) electrons. The van der Waals surface area contributed by atoms with E-state index < -0.39 is 0 Å². The first-order valence-corrected chi connectivity index (χ1v) is 5.92. The van der Waals surface area contributed by atoms with Gasteiger partial charge in [-0.3, -0.25) is 0 Å². The summed E-state index contributed by atoms with van der Waals surface area (Å²) in [6.07, 6.45) is 5.69. The smallest absolute Gasteiger partial charge is 0.123 e. The van der Waals surface area contributed by atoms with E-state index in [-0.39, 0.29) is 5.82 Å². The summed E-state index contributed by atoms with van der Waals surface area (Å²) in [4.78, 5) is 0. The highest BCUT2D eigenvalue weighted by Crippen LogP contribution is 2.19. The lowest BCUT2D eigenvalue weighted by molar-refractivity contribution is 0.626. The Morgan fingerprint density at radius 1 is 1.25 bits per heavy atom. The number of hydrogen-bond donors (Lipinski definition) is 1. The Hall–Kier alpha value is -1.15. The zero-order chi connectivity index (χ0) is 11.4. The van der Waals surface area contributed by atoms with Crippen molar-refractivity contribution in [2.75, 3.05) is 13.1 Å². The fourth-order valence-corrected chi connectivity index (χ4v) is 2.10. The number of rotatable bonds is 1. The highest BCUT2D eigenvalue weighted by atomic mass is 19.1. The van der Waals surface area contributed by atoms with Gasteiger partial charge in [-0.05, 0) is 62.5 Å². The molecule has 1 aromatic carbocycles. The first-order chi connectivity index (χ1) is 7.75. The molecule has 2 rings (SSSR count). The second-order valence-corrected chi connectivity index (χ2v) is 4.41. The molecule has 1 fully saturated rings. The van der Waals surface area contributed by atoms with E-state index in [2.05, 4.69) is 11.4 Å². The Kier molecular flexibility index (Phi) is 3.73. The van der Waals surface area contributed by atoms with Crippen molar-refractivity contribution < 1.29 is 4.39 Å². The lowest BCUT2D eigenvalue weighted by Gasteiger charge is -2.05. The van der Waals surface area contributed by atoms with Crippen LogP contribution < -0.4 is 5.32 Å². The summed E-state index contributed by atoms with van der Waals surface area (Å²) >= 11 is 0. The SMILES string of the molecule is Cc1cc(F)ccc1/C=C1/CCCNCC1. The van der Waals surface area contributed by atoms with Crippen LogP contribution in [0.3, 0.4) is 0 Å². The summed E-state index contributed by atoms with van der Waals surface area (Å²) in [7, 11) is 0. The van der Waals surface area contributed by atoms with Crippen LogP contribution in [0.1, 0.15) is 30.4 Å². The van der Waals surface area contributed by atoms with E-state index in [1.165, 1.54) is 18.1 Å². The Morgan fingerprint density at radius 3 is 2.94 bits per heavy atom. The van der Waals surface area contributed by atoms with Crippen LogP contribution >= 0.6 is 0 Å². The third-order valence-electron chi connectivity index (χ3n) is 3.07. The molecule has 0 bridgehead atoms. The van der Waals surface area contributed by atoms with Crippen molar-refractivity contribution in [2.45, 2.75) is 26.2 Å². The van der Waals surface area contributed by atoms with Crippen molar-refractivity contribution in [3.8, 4) is 0 Å². The van der Waals surface area contributed by atoms with Crippen LogP contribution in [0.5, 0.6) is 0 Å². The fraction of sp³-hybridized carbons (Fsp3) is 0.429. The van der Waals surface area contributed by atoms with Crippen molar-refractivity contribution in [1.82, 2.24) is 5.32 Å². The van der Waals surface area contributed by atoms with Crippen LogP contribution in [0.15, 0.2) is 23.8 Å². The van der Waals surface area contributed by atoms with Crippen LogP contribution in [0.4, 0.5) is 4.39 Å². The van der Waals surface area contributed by atoms with E-state index in [0.29, 0.717) is 0 Å². The predicted molar refractivity (Wildman–Crippen MR) is 65.8 cm³/mol. The van der Waals surface area contributed by atoms with Crippen LogP contribution in [-0.2, 0) is 0 Å². The summed E-state index contributed by atoms with van der Waals surface area (Å²) in [5, 5.41) is 3.39. The maximum atomic E-state index is 13.0. The number of nitrogens with one attached hydrogen (secondary N) is 1.